The summed E-state index contributed by atoms with van der Waals surface area (Å²) < 4.78 is 7.34. The molecule has 1 heterocycles. The fourth-order valence-corrected chi connectivity index (χ4v) is 4.33. The number of imidazole rings is 1. The molecule has 7 heteroatoms. The number of fused-ring (bicyclic) bond motifs is 1. The number of amides is 2. The molecule has 0 unspecified atom stereocenters. The number of nitrogens with one attached hydrogen (secondary N) is 2. The molecule has 186 valence electrons. The van der Waals surface area contributed by atoms with Gasteiger partial charge in [-0.25, -0.2) is 9.78 Å². The largest absolute Gasteiger partial charge is 0.466 e. The van der Waals surface area contributed by atoms with Crippen molar-refractivity contribution in [3.05, 3.63) is 95.8 Å². The smallest absolute Gasteiger partial charge is 0.319 e. The number of carbonyl (C=O) groups excluding carboxylic acids is 2. The van der Waals surface area contributed by atoms with Crippen molar-refractivity contribution in [2.45, 2.75) is 45.7 Å². The number of ether oxygens (including phenoxy) is 1. The van der Waals surface area contributed by atoms with E-state index in [1.54, 1.807) is 6.92 Å². The highest BCUT2D eigenvalue weighted by molar-refractivity contribution is 5.90. The molecule has 2 amide bonds. The van der Waals surface area contributed by atoms with Crippen molar-refractivity contribution < 1.29 is 14.3 Å². The summed E-state index contributed by atoms with van der Waals surface area (Å²) in [6.07, 6.45) is 1.75. The number of hydrogen-bond acceptors (Lipinski definition) is 4. The molecule has 3 aromatic carbocycles. The van der Waals surface area contributed by atoms with Gasteiger partial charge < -0.3 is 19.9 Å². The molecule has 0 saturated carbocycles. The van der Waals surface area contributed by atoms with Gasteiger partial charge in [0, 0.05) is 18.7 Å². The zero-order chi connectivity index (χ0) is 25.3. The van der Waals surface area contributed by atoms with Crippen LogP contribution in [-0.4, -0.2) is 28.2 Å². The second-order valence-corrected chi connectivity index (χ2v) is 8.53. The Morgan fingerprint density at radius 2 is 1.64 bits per heavy atom. The van der Waals surface area contributed by atoms with Gasteiger partial charge in [0.1, 0.15) is 5.82 Å². The minimum absolute atomic E-state index is 0.0622. The van der Waals surface area contributed by atoms with Crippen LogP contribution in [0, 0.1) is 0 Å². The Hall–Kier alpha value is -4.13. The van der Waals surface area contributed by atoms with Crippen LogP contribution in [0.3, 0.4) is 0 Å². The van der Waals surface area contributed by atoms with E-state index in [0.29, 0.717) is 12.3 Å². The molecule has 0 aliphatic carbocycles. The molecule has 0 aliphatic rings. The first-order valence-corrected chi connectivity index (χ1v) is 12.4. The van der Waals surface area contributed by atoms with Gasteiger partial charge >= 0.3 is 12.0 Å². The summed E-state index contributed by atoms with van der Waals surface area (Å²) >= 11 is 0. The zero-order valence-corrected chi connectivity index (χ0v) is 20.7. The van der Waals surface area contributed by atoms with Gasteiger partial charge in [-0.2, -0.15) is 0 Å². The van der Waals surface area contributed by atoms with E-state index in [1.165, 1.54) is 5.56 Å². The Bertz CT molecular complexity index is 1300. The van der Waals surface area contributed by atoms with Crippen LogP contribution in [0.5, 0.6) is 0 Å². The molecule has 36 heavy (non-hydrogen) atoms. The number of aryl methyl sites for hydroxylation is 3. The lowest BCUT2D eigenvalue weighted by atomic mass is 10.0. The molecule has 0 bridgehead atoms. The summed E-state index contributed by atoms with van der Waals surface area (Å²) in [6, 6.07) is 24.6. The minimum atomic E-state index is -0.484. The highest BCUT2D eigenvalue weighted by Crippen LogP contribution is 2.20. The molecule has 1 atom stereocenters. The average Bonchev–Trinajstić information content (AvgIpc) is 3.26. The average molecular weight is 485 g/mol. The number of anilines is 1. The van der Waals surface area contributed by atoms with Gasteiger partial charge in [-0.1, -0.05) is 54.6 Å². The molecule has 2 N–H and O–H groups in total. The van der Waals surface area contributed by atoms with Crippen LogP contribution in [0.1, 0.15) is 43.3 Å². The first-order chi connectivity index (χ1) is 17.6. The Morgan fingerprint density at radius 1 is 0.917 bits per heavy atom. The van der Waals surface area contributed by atoms with E-state index in [2.05, 4.69) is 28.2 Å². The summed E-state index contributed by atoms with van der Waals surface area (Å²) in [6.45, 7) is 5.08. The van der Waals surface area contributed by atoms with Crippen LogP contribution in [0.25, 0.3) is 11.0 Å². The number of carbonyl (C=O) groups is 2. The first-order valence-electron chi connectivity index (χ1n) is 12.4. The van der Waals surface area contributed by atoms with Crippen molar-refractivity contribution in [1.29, 1.82) is 0 Å². The summed E-state index contributed by atoms with van der Waals surface area (Å²) in [5.74, 6) is 0.724. The quantitative estimate of drug-likeness (QED) is 0.285. The van der Waals surface area contributed by atoms with Crippen molar-refractivity contribution in [2.24, 2.45) is 0 Å². The number of hydrogen-bond donors (Lipinski definition) is 2. The molecule has 0 fully saturated rings. The summed E-state index contributed by atoms with van der Waals surface area (Å²) in [7, 11) is 0. The SMILES string of the molecule is CCOC(=O)C[C@H](NC(=O)Nc1ccc(CCc2nc3ccccc3n2CC)cc1)c1ccccc1. The maximum atomic E-state index is 12.7. The molecule has 7 nitrogen and oxygen atoms in total. The predicted molar refractivity (Wildman–Crippen MR) is 142 cm³/mol. The van der Waals surface area contributed by atoms with Gasteiger partial charge in [-0.05, 0) is 55.7 Å². The van der Waals surface area contributed by atoms with Crippen molar-refractivity contribution in [2.75, 3.05) is 11.9 Å². The van der Waals surface area contributed by atoms with Gasteiger partial charge in [-0.15, -0.1) is 0 Å². The maximum absolute atomic E-state index is 12.7. The van der Waals surface area contributed by atoms with Crippen LogP contribution in [0.2, 0.25) is 0 Å². The summed E-state index contributed by atoms with van der Waals surface area (Å²) in [5.41, 5.74) is 4.88. The van der Waals surface area contributed by atoms with E-state index in [-0.39, 0.29) is 18.4 Å². The molecule has 4 aromatic rings. The number of esters is 1. The van der Waals surface area contributed by atoms with Crippen LogP contribution < -0.4 is 10.6 Å². The molecule has 4 rings (SSSR count). The van der Waals surface area contributed by atoms with E-state index in [4.69, 9.17) is 9.72 Å². The lowest BCUT2D eigenvalue weighted by Crippen LogP contribution is -2.34. The molecule has 0 saturated heterocycles. The van der Waals surface area contributed by atoms with Crippen molar-refractivity contribution >= 4 is 28.7 Å². The highest BCUT2D eigenvalue weighted by Gasteiger charge is 2.19. The fourth-order valence-electron chi connectivity index (χ4n) is 4.33. The number of benzene rings is 3. The van der Waals surface area contributed by atoms with E-state index in [9.17, 15) is 9.59 Å². The second-order valence-electron chi connectivity index (χ2n) is 8.53. The fraction of sp³-hybridized carbons (Fsp3) is 0.276. The third-order valence-electron chi connectivity index (χ3n) is 6.08. The van der Waals surface area contributed by atoms with Gasteiger partial charge in [-0.3, -0.25) is 4.79 Å². The molecule has 0 radical (unpaired) electrons. The van der Waals surface area contributed by atoms with Crippen LogP contribution >= 0.6 is 0 Å². The lowest BCUT2D eigenvalue weighted by molar-refractivity contribution is -0.143. The first kappa shape index (κ1) is 25.0. The van der Waals surface area contributed by atoms with E-state index in [0.717, 1.165) is 41.8 Å². The molecule has 1 aromatic heterocycles. The van der Waals surface area contributed by atoms with Crippen LogP contribution in [0.15, 0.2) is 78.9 Å². The number of urea groups is 1. The minimum Gasteiger partial charge on any atom is -0.466 e. The number of rotatable bonds is 10. The third-order valence-corrected chi connectivity index (χ3v) is 6.08. The number of nitrogens with zero attached hydrogens (tertiary/aromatic N) is 2. The maximum Gasteiger partial charge on any atom is 0.319 e. The molecular weight excluding hydrogens is 452 g/mol. The van der Waals surface area contributed by atoms with E-state index < -0.39 is 6.04 Å². The van der Waals surface area contributed by atoms with Crippen LogP contribution in [-0.2, 0) is 28.9 Å². The highest BCUT2D eigenvalue weighted by atomic mass is 16.5. The normalized spacial score (nSPS) is 11.7. The predicted octanol–water partition coefficient (Wildman–Crippen LogP) is 5.66. The molecule has 0 aliphatic heterocycles. The Labute approximate surface area is 211 Å². The summed E-state index contributed by atoms with van der Waals surface area (Å²) in [5, 5.41) is 5.76. The Balaban J connectivity index is 1.36. The summed E-state index contributed by atoms with van der Waals surface area (Å²) in [4.78, 5) is 29.6. The second kappa shape index (κ2) is 12.0. The van der Waals surface area contributed by atoms with E-state index in [1.807, 2.05) is 72.8 Å². The monoisotopic (exact) mass is 484 g/mol. The Morgan fingerprint density at radius 3 is 2.36 bits per heavy atom. The van der Waals surface area contributed by atoms with Gasteiger partial charge in [0.05, 0.1) is 30.1 Å². The number of para-hydroxylation sites is 2. The van der Waals surface area contributed by atoms with Crippen molar-refractivity contribution in [3.8, 4) is 0 Å². The number of aromatic nitrogens is 2. The topological polar surface area (TPSA) is 85.2 Å². The van der Waals surface area contributed by atoms with Crippen LogP contribution in [0.4, 0.5) is 10.5 Å². The lowest BCUT2D eigenvalue weighted by Gasteiger charge is -2.19. The zero-order valence-electron chi connectivity index (χ0n) is 20.7. The van der Waals surface area contributed by atoms with Gasteiger partial charge in [0.15, 0.2) is 0 Å². The Kier molecular flexibility index (Phi) is 8.34. The van der Waals surface area contributed by atoms with Gasteiger partial charge in [0.25, 0.3) is 0 Å². The van der Waals surface area contributed by atoms with E-state index >= 15 is 0 Å². The van der Waals surface area contributed by atoms with Crippen molar-refractivity contribution in [1.82, 2.24) is 14.9 Å². The molecule has 0 spiro atoms. The van der Waals surface area contributed by atoms with Crippen molar-refractivity contribution in [3.63, 3.8) is 0 Å². The van der Waals surface area contributed by atoms with Gasteiger partial charge in [0.2, 0.25) is 0 Å². The molecular formula is C29H32N4O3. The third kappa shape index (κ3) is 6.30. The standard InChI is InChI=1S/C29H32N4O3/c1-3-33-26-13-9-8-12-24(26)31-27(33)19-16-21-14-17-23(18-15-21)30-29(35)32-25(20-28(34)36-4-2)22-10-6-5-7-11-22/h5-15,17-18,25H,3-4,16,19-20H2,1-2H3,(H2,30,32,35)/t25-/m0/s1.